The first-order chi connectivity index (χ1) is 10.5. The first-order valence-electron chi connectivity index (χ1n) is 6.86. The number of nitrogens with zero attached hydrogens (tertiary/aromatic N) is 9. The van der Waals surface area contributed by atoms with Crippen molar-refractivity contribution < 1.29 is 0 Å². The number of aromatic nitrogens is 9. The van der Waals surface area contributed by atoms with E-state index in [1.54, 1.807) is 14.0 Å². The molecule has 10 nitrogen and oxygen atoms in total. The Hall–Kier alpha value is -2.62. The molecule has 0 aromatic carbocycles. The van der Waals surface area contributed by atoms with Crippen LogP contribution in [0.15, 0.2) is 18.6 Å². The molecule has 22 heavy (non-hydrogen) atoms. The fourth-order valence-corrected chi connectivity index (χ4v) is 2.39. The topological polar surface area (TPSA) is 118 Å². The molecule has 3 aromatic heterocycles. The zero-order valence-corrected chi connectivity index (χ0v) is 12.7. The molecule has 0 spiro atoms. The third kappa shape index (κ3) is 2.86. The van der Waals surface area contributed by atoms with Gasteiger partial charge in [0.15, 0.2) is 0 Å². The Morgan fingerprint density at radius 3 is 1.91 bits per heavy atom. The summed E-state index contributed by atoms with van der Waals surface area (Å²) in [5, 5.41) is 24.3. The van der Waals surface area contributed by atoms with Crippen molar-refractivity contribution in [3.63, 3.8) is 0 Å². The maximum absolute atomic E-state index is 6.40. The molecule has 0 saturated carbocycles. The number of aryl methyl sites for hydroxylation is 3. The molecule has 0 amide bonds. The normalized spacial score (nSPS) is 14.2. The summed E-state index contributed by atoms with van der Waals surface area (Å²) in [7, 11) is 5.46. The smallest absolute Gasteiger partial charge is 0.100 e. The zero-order valence-electron chi connectivity index (χ0n) is 12.7. The number of rotatable bonds is 5. The summed E-state index contributed by atoms with van der Waals surface area (Å²) in [5.41, 5.74) is 8.75. The predicted octanol–water partition coefficient (Wildman–Crippen LogP) is -0.902. The maximum Gasteiger partial charge on any atom is 0.100 e. The summed E-state index contributed by atoms with van der Waals surface area (Å²) >= 11 is 0. The van der Waals surface area contributed by atoms with Gasteiger partial charge in [-0.1, -0.05) is 15.6 Å². The molecule has 0 aliphatic heterocycles. The molecule has 2 N–H and O–H groups in total. The van der Waals surface area contributed by atoms with Crippen LogP contribution in [0.4, 0.5) is 0 Å². The van der Waals surface area contributed by atoms with Crippen molar-refractivity contribution >= 4 is 0 Å². The van der Waals surface area contributed by atoms with Gasteiger partial charge in [0.2, 0.25) is 0 Å². The van der Waals surface area contributed by atoms with Gasteiger partial charge in [-0.05, 0) is 0 Å². The molecule has 0 saturated heterocycles. The molecule has 0 fully saturated rings. The minimum absolute atomic E-state index is 0.109. The van der Waals surface area contributed by atoms with Crippen LogP contribution in [0.2, 0.25) is 0 Å². The van der Waals surface area contributed by atoms with Crippen molar-refractivity contribution in [2.75, 3.05) is 0 Å². The maximum atomic E-state index is 6.40. The van der Waals surface area contributed by atoms with Crippen LogP contribution in [0.5, 0.6) is 0 Å². The lowest BCUT2D eigenvalue weighted by Crippen LogP contribution is -2.23. The van der Waals surface area contributed by atoms with Gasteiger partial charge in [0.1, 0.15) is 5.69 Å². The van der Waals surface area contributed by atoms with Crippen LogP contribution >= 0.6 is 0 Å². The van der Waals surface area contributed by atoms with E-state index in [-0.39, 0.29) is 12.0 Å². The molecule has 2 unspecified atom stereocenters. The van der Waals surface area contributed by atoms with Gasteiger partial charge >= 0.3 is 0 Å². The zero-order chi connectivity index (χ0) is 15.7. The number of hydrogen-bond acceptors (Lipinski definition) is 7. The lowest BCUT2D eigenvalue weighted by atomic mass is 9.90. The molecule has 116 valence electrons. The highest BCUT2D eigenvalue weighted by Crippen LogP contribution is 2.29. The second kappa shape index (κ2) is 5.64. The van der Waals surface area contributed by atoms with Gasteiger partial charge in [-0.2, -0.15) is 0 Å². The van der Waals surface area contributed by atoms with E-state index in [0.717, 1.165) is 11.4 Å². The van der Waals surface area contributed by atoms with Crippen LogP contribution in [0.25, 0.3) is 0 Å². The first kappa shape index (κ1) is 14.3. The van der Waals surface area contributed by atoms with E-state index in [1.165, 1.54) is 0 Å². The predicted molar refractivity (Wildman–Crippen MR) is 76.4 cm³/mol. The van der Waals surface area contributed by atoms with Crippen molar-refractivity contribution in [3.05, 3.63) is 35.7 Å². The molecule has 10 heteroatoms. The van der Waals surface area contributed by atoms with E-state index in [2.05, 4.69) is 30.9 Å². The molecule has 0 aliphatic carbocycles. The van der Waals surface area contributed by atoms with Gasteiger partial charge in [0, 0.05) is 52.1 Å². The monoisotopic (exact) mass is 302 g/mol. The minimum Gasteiger partial charge on any atom is -0.322 e. The Bertz CT molecular complexity index is 753. The van der Waals surface area contributed by atoms with Crippen LogP contribution in [0, 0.1) is 0 Å². The molecule has 3 rings (SSSR count). The van der Waals surface area contributed by atoms with Crippen LogP contribution in [-0.4, -0.2) is 45.0 Å². The molecular formula is C12H18N10. The molecule has 0 radical (unpaired) electrons. The molecule has 0 bridgehead atoms. The summed E-state index contributed by atoms with van der Waals surface area (Å²) in [6.45, 7) is 0. The molecule has 3 aromatic rings. The van der Waals surface area contributed by atoms with Crippen LogP contribution in [0.3, 0.4) is 0 Å². The largest absolute Gasteiger partial charge is 0.322 e. The van der Waals surface area contributed by atoms with Gasteiger partial charge in [0.05, 0.1) is 17.4 Å². The second-order valence-corrected chi connectivity index (χ2v) is 5.35. The highest BCUT2D eigenvalue weighted by molar-refractivity contribution is 5.16. The van der Waals surface area contributed by atoms with Gasteiger partial charge in [-0.25, -0.2) is 0 Å². The van der Waals surface area contributed by atoms with E-state index < -0.39 is 0 Å². The standard InChI is InChI=1S/C12H18N10/c1-20-5-8(14-17-20)4-9(10-6-21(2)18-15-10)12(13)11-7-22(3)19-16-11/h5-7,9,12H,4,13H2,1-3H3. The fourth-order valence-electron chi connectivity index (χ4n) is 2.39. The van der Waals surface area contributed by atoms with E-state index >= 15 is 0 Å². The van der Waals surface area contributed by atoms with Gasteiger partial charge in [-0.3, -0.25) is 14.0 Å². The molecular weight excluding hydrogens is 284 g/mol. The van der Waals surface area contributed by atoms with E-state index in [4.69, 9.17) is 5.73 Å². The van der Waals surface area contributed by atoms with Crippen LogP contribution < -0.4 is 5.73 Å². The van der Waals surface area contributed by atoms with Gasteiger partial charge in [-0.15, -0.1) is 15.3 Å². The Morgan fingerprint density at radius 1 is 0.864 bits per heavy atom. The Labute approximate surface area is 126 Å². The number of nitrogens with two attached hydrogens (primary N) is 1. The van der Waals surface area contributed by atoms with Crippen LogP contribution in [-0.2, 0) is 27.6 Å². The Kier molecular flexibility index (Phi) is 3.67. The van der Waals surface area contributed by atoms with Crippen molar-refractivity contribution in [1.29, 1.82) is 0 Å². The quantitative estimate of drug-likeness (QED) is 0.648. The summed E-state index contributed by atoms with van der Waals surface area (Å²) < 4.78 is 4.95. The SMILES string of the molecule is Cn1cc(CC(c2cn(C)nn2)C(N)c2cn(C)nn2)nn1. The van der Waals surface area contributed by atoms with Crippen molar-refractivity contribution in [3.8, 4) is 0 Å². The highest BCUT2D eigenvalue weighted by Gasteiger charge is 2.27. The van der Waals surface area contributed by atoms with Crippen molar-refractivity contribution in [2.45, 2.75) is 18.4 Å². The third-order valence-electron chi connectivity index (χ3n) is 3.47. The average Bonchev–Trinajstić information content (AvgIpc) is 3.18. The summed E-state index contributed by atoms with van der Waals surface area (Å²) in [5.74, 6) is -0.109. The van der Waals surface area contributed by atoms with Crippen LogP contribution in [0.1, 0.15) is 29.0 Å². The third-order valence-corrected chi connectivity index (χ3v) is 3.47. The second-order valence-electron chi connectivity index (χ2n) is 5.35. The first-order valence-corrected chi connectivity index (χ1v) is 6.86. The van der Waals surface area contributed by atoms with E-state index in [1.807, 2.05) is 39.7 Å². The summed E-state index contributed by atoms with van der Waals surface area (Å²) in [4.78, 5) is 0. The van der Waals surface area contributed by atoms with Gasteiger partial charge in [0.25, 0.3) is 0 Å². The Balaban J connectivity index is 1.91. The number of hydrogen-bond donors (Lipinski definition) is 1. The van der Waals surface area contributed by atoms with Gasteiger partial charge < -0.3 is 5.73 Å². The summed E-state index contributed by atoms with van der Waals surface area (Å²) in [6, 6.07) is -0.354. The lowest BCUT2D eigenvalue weighted by molar-refractivity contribution is 0.520. The van der Waals surface area contributed by atoms with E-state index in [0.29, 0.717) is 12.1 Å². The van der Waals surface area contributed by atoms with E-state index in [9.17, 15) is 0 Å². The molecule has 0 aliphatic rings. The minimum atomic E-state index is -0.354. The fraction of sp³-hybridized carbons (Fsp3) is 0.500. The molecule has 2 atom stereocenters. The summed E-state index contributed by atoms with van der Waals surface area (Å²) in [6.07, 6.45) is 6.14. The average molecular weight is 302 g/mol. The lowest BCUT2D eigenvalue weighted by Gasteiger charge is -2.18. The van der Waals surface area contributed by atoms with Crippen molar-refractivity contribution in [1.82, 2.24) is 45.0 Å². The molecule has 3 heterocycles. The van der Waals surface area contributed by atoms with Crippen molar-refractivity contribution in [2.24, 2.45) is 26.9 Å². The highest BCUT2D eigenvalue weighted by atomic mass is 15.4. The Morgan fingerprint density at radius 2 is 1.41 bits per heavy atom.